The molecule has 3 N–H and O–H groups in total. The molecule has 1 rings (SSSR count). The molecule has 1 atom stereocenters. The van der Waals surface area contributed by atoms with Crippen LogP contribution in [0.2, 0.25) is 0 Å². The Morgan fingerprint density at radius 3 is 2.16 bits per heavy atom. The number of urea groups is 1. The first kappa shape index (κ1) is 14.6. The molecule has 1 aromatic rings. The van der Waals surface area contributed by atoms with Gasteiger partial charge in [0.15, 0.2) is 0 Å². The van der Waals surface area contributed by atoms with Crippen molar-refractivity contribution in [3.63, 3.8) is 0 Å². The number of methoxy groups -OCH3 is 2. The molecule has 1 unspecified atom stereocenters. The van der Waals surface area contributed by atoms with Crippen molar-refractivity contribution in [3.05, 3.63) is 18.2 Å². The van der Waals surface area contributed by atoms with E-state index < -0.39 is 18.0 Å². The zero-order valence-electron chi connectivity index (χ0n) is 10.9. The normalized spacial score (nSPS) is 11.3. The van der Waals surface area contributed by atoms with Crippen LogP contribution >= 0.6 is 0 Å². The molecule has 0 radical (unpaired) electrons. The Bertz CT molecular complexity index is 453. The molecule has 104 valence electrons. The summed E-state index contributed by atoms with van der Waals surface area (Å²) in [5.74, 6) is -0.294. The molecule has 0 aliphatic rings. The van der Waals surface area contributed by atoms with Crippen molar-refractivity contribution >= 4 is 17.7 Å². The first-order valence-corrected chi connectivity index (χ1v) is 5.51. The summed E-state index contributed by atoms with van der Waals surface area (Å²) in [6, 6.07) is 3.36. The minimum absolute atomic E-state index is 0.336. The Kier molecular flexibility index (Phi) is 4.99. The van der Waals surface area contributed by atoms with E-state index in [1.165, 1.54) is 21.1 Å². The van der Waals surface area contributed by atoms with E-state index in [0.717, 1.165) is 0 Å². The number of rotatable bonds is 5. The van der Waals surface area contributed by atoms with Crippen molar-refractivity contribution in [1.29, 1.82) is 0 Å². The van der Waals surface area contributed by atoms with Crippen molar-refractivity contribution in [2.45, 2.75) is 13.0 Å². The van der Waals surface area contributed by atoms with Gasteiger partial charge in [0, 0.05) is 0 Å². The molecule has 0 saturated heterocycles. The predicted octanol–water partition coefficient (Wildman–Crippen LogP) is 1.30. The molecule has 0 aromatic heterocycles. The average molecular weight is 268 g/mol. The van der Waals surface area contributed by atoms with Gasteiger partial charge in [0.25, 0.3) is 0 Å². The van der Waals surface area contributed by atoms with Crippen molar-refractivity contribution in [2.24, 2.45) is 0 Å². The Balaban J connectivity index is 2.86. The van der Waals surface area contributed by atoms with E-state index in [1.807, 2.05) is 0 Å². The fourth-order valence-electron chi connectivity index (χ4n) is 1.38. The molecule has 0 aliphatic carbocycles. The number of para-hydroxylation sites is 1. The summed E-state index contributed by atoms with van der Waals surface area (Å²) in [6.45, 7) is 1.36. The largest absolute Gasteiger partial charge is 0.494 e. The molecule has 2 amide bonds. The second-order valence-corrected chi connectivity index (χ2v) is 3.70. The van der Waals surface area contributed by atoms with Gasteiger partial charge in [-0.1, -0.05) is 6.07 Å². The fourth-order valence-corrected chi connectivity index (χ4v) is 1.38. The van der Waals surface area contributed by atoms with Gasteiger partial charge >= 0.3 is 12.0 Å². The van der Waals surface area contributed by atoms with Crippen molar-refractivity contribution in [2.75, 3.05) is 19.5 Å². The lowest BCUT2D eigenvalue weighted by atomic mass is 10.2. The number of carboxylic acid groups (broad SMARTS) is 1. The van der Waals surface area contributed by atoms with Gasteiger partial charge in [-0.2, -0.15) is 0 Å². The van der Waals surface area contributed by atoms with Crippen LogP contribution in [-0.4, -0.2) is 37.4 Å². The molecule has 7 heteroatoms. The second-order valence-electron chi connectivity index (χ2n) is 3.70. The van der Waals surface area contributed by atoms with E-state index in [-0.39, 0.29) is 0 Å². The maximum absolute atomic E-state index is 11.7. The van der Waals surface area contributed by atoms with E-state index in [9.17, 15) is 9.59 Å². The van der Waals surface area contributed by atoms with E-state index >= 15 is 0 Å². The van der Waals surface area contributed by atoms with Crippen LogP contribution in [0.15, 0.2) is 18.2 Å². The van der Waals surface area contributed by atoms with Crippen LogP contribution in [0, 0.1) is 0 Å². The lowest BCUT2D eigenvalue weighted by molar-refractivity contribution is -0.138. The van der Waals surface area contributed by atoms with Crippen LogP contribution < -0.4 is 20.1 Å². The zero-order chi connectivity index (χ0) is 14.4. The van der Waals surface area contributed by atoms with Crippen LogP contribution in [0.1, 0.15) is 6.92 Å². The number of anilines is 1. The standard InChI is InChI=1S/C12H16N2O5/c1-7(11(15)16)13-12(17)14-10-8(18-2)5-4-6-9(10)19-3/h4-7H,1-3H3,(H,15,16)(H2,13,14,17). The van der Waals surface area contributed by atoms with Crippen LogP contribution in [0.5, 0.6) is 11.5 Å². The van der Waals surface area contributed by atoms with E-state index in [2.05, 4.69) is 10.6 Å². The van der Waals surface area contributed by atoms with Gasteiger partial charge in [0.2, 0.25) is 0 Å². The van der Waals surface area contributed by atoms with E-state index in [0.29, 0.717) is 17.2 Å². The van der Waals surface area contributed by atoms with Gasteiger partial charge in [0.05, 0.1) is 14.2 Å². The molecular formula is C12H16N2O5. The lowest BCUT2D eigenvalue weighted by Gasteiger charge is -2.15. The summed E-state index contributed by atoms with van der Waals surface area (Å²) in [7, 11) is 2.91. The van der Waals surface area contributed by atoms with Crippen LogP contribution in [0.25, 0.3) is 0 Å². The van der Waals surface area contributed by atoms with Crippen LogP contribution in [-0.2, 0) is 4.79 Å². The Morgan fingerprint density at radius 1 is 1.21 bits per heavy atom. The molecule has 0 spiro atoms. The summed E-state index contributed by atoms with van der Waals surface area (Å²) in [5, 5.41) is 13.5. The Labute approximate surface area is 110 Å². The highest BCUT2D eigenvalue weighted by molar-refractivity contribution is 5.95. The maximum atomic E-state index is 11.7. The van der Waals surface area contributed by atoms with E-state index in [1.54, 1.807) is 18.2 Å². The quantitative estimate of drug-likeness (QED) is 0.747. The van der Waals surface area contributed by atoms with Gasteiger partial charge < -0.3 is 25.2 Å². The highest BCUT2D eigenvalue weighted by Crippen LogP contribution is 2.33. The second kappa shape index (κ2) is 6.48. The number of nitrogens with one attached hydrogen (secondary N) is 2. The number of benzene rings is 1. The number of amides is 2. The van der Waals surface area contributed by atoms with Gasteiger partial charge in [0.1, 0.15) is 23.2 Å². The number of hydrogen-bond acceptors (Lipinski definition) is 4. The molecule has 19 heavy (non-hydrogen) atoms. The number of hydrogen-bond donors (Lipinski definition) is 3. The third-order valence-corrected chi connectivity index (χ3v) is 2.38. The minimum atomic E-state index is -1.12. The van der Waals surface area contributed by atoms with Gasteiger partial charge in [-0.3, -0.25) is 4.79 Å². The third-order valence-electron chi connectivity index (χ3n) is 2.38. The number of aliphatic carboxylic acids is 1. The maximum Gasteiger partial charge on any atom is 0.325 e. The number of ether oxygens (including phenoxy) is 2. The molecule has 0 aliphatic heterocycles. The predicted molar refractivity (Wildman–Crippen MR) is 68.8 cm³/mol. The number of carbonyl (C=O) groups is 2. The number of carboxylic acids is 1. The van der Waals surface area contributed by atoms with Gasteiger partial charge in [-0.05, 0) is 19.1 Å². The summed E-state index contributed by atoms with van der Waals surface area (Å²) in [4.78, 5) is 22.3. The van der Waals surface area contributed by atoms with Crippen molar-refractivity contribution < 1.29 is 24.2 Å². The van der Waals surface area contributed by atoms with Crippen LogP contribution in [0.4, 0.5) is 10.5 Å². The van der Waals surface area contributed by atoms with Crippen LogP contribution in [0.3, 0.4) is 0 Å². The van der Waals surface area contributed by atoms with Crippen molar-refractivity contribution in [1.82, 2.24) is 5.32 Å². The SMILES string of the molecule is COc1cccc(OC)c1NC(=O)NC(C)C(=O)O. The zero-order valence-corrected chi connectivity index (χ0v) is 10.9. The lowest BCUT2D eigenvalue weighted by Crippen LogP contribution is -2.40. The molecule has 0 fully saturated rings. The Morgan fingerprint density at radius 2 is 1.74 bits per heavy atom. The molecule has 7 nitrogen and oxygen atoms in total. The summed E-state index contributed by atoms with van der Waals surface area (Å²) in [6.07, 6.45) is 0. The third kappa shape index (κ3) is 3.77. The molecule has 0 saturated carbocycles. The molecule has 0 bridgehead atoms. The highest BCUT2D eigenvalue weighted by Gasteiger charge is 2.17. The Hall–Kier alpha value is -2.44. The smallest absolute Gasteiger partial charge is 0.325 e. The minimum Gasteiger partial charge on any atom is -0.494 e. The summed E-state index contributed by atoms with van der Waals surface area (Å²) < 4.78 is 10.2. The number of carbonyl (C=O) groups excluding carboxylic acids is 1. The molecular weight excluding hydrogens is 252 g/mol. The summed E-state index contributed by atoms with van der Waals surface area (Å²) in [5.41, 5.74) is 0.336. The topological polar surface area (TPSA) is 96.9 Å². The van der Waals surface area contributed by atoms with E-state index in [4.69, 9.17) is 14.6 Å². The fraction of sp³-hybridized carbons (Fsp3) is 0.333. The van der Waals surface area contributed by atoms with Gasteiger partial charge in [-0.25, -0.2) is 4.79 Å². The molecule has 0 heterocycles. The van der Waals surface area contributed by atoms with Crippen molar-refractivity contribution in [3.8, 4) is 11.5 Å². The highest BCUT2D eigenvalue weighted by atomic mass is 16.5. The first-order chi connectivity index (χ1) is 8.99. The first-order valence-electron chi connectivity index (χ1n) is 5.51. The monoisotopic (exact) mass is 268 g/mol. The molecule has 1 aromatic carbocycles. The summed E-state index contributed by atoms with van der Waals surface area (Å²) >= 11 is 0. The average Bonchev–Trinajstić information content (AvgIpc) is 2.38. The van der Waals surface area contributed by atoms with Gasteiger partial charge in [-0.15, -0.1) is 0 Å².